The maximum Gasteiger partial charge on any atom is 0.0790 e. The van der Waals surface area contributed by atoms with Crippen molar-refractivity contribution < 1.29 is 5.11 Å². The second-order valence-electron chi connectivity index (χ2n) is 3.56. The Morgan fingerprint density at radius 3 is 2.43 bits per heavy atom. The highest BCUT2D eigenvalue weighted by atomic mass is 79.9. The van der Waals surface area contributed by atoms with E-state index in [2.05, 4.69) is 22.9 Å². The van der Waals surface area contributed by atoms with Crippen LogP contribution in [0.1, 0.15) is 44.3 Å². The molecule has 0 amide bonds. The molecule has 0 radical (unpaired) electrons. The first-order valence-electron chi connectivity index (χ1n) is 5.17. The van der Waals surface area contributed by atoms with Crippen LogP contribution >= 0.6 is 15.9 Å². The molecule has 1 rings (SSSR count). The van der Waals surface area contributed by atoms with Crippen LogP contribution in [0.25, 0.3) is 0 Å². The zero-order chi connectivity index (χ0) is 10.4. The molecular weight excluding hydrogens is 240 g/mol. The van der Waals surface area contributed by atoms with Crippen molar-refractivity contribution in [2.75, 3.05) is 0 Å². The zero-order valence-corrected chi connectivity index (χ0v) is 10.1. The van der Waals surface area contributed by atoms with Crippen LogP contribution in [0.3, 0.4) is 0 Å². The maximum atomic E-state index is 9.82. The fourth-order valence-electron chi connectivity index (χ4n) is 1.44. The monoisotopic (exact) mass is 256 g/mol. The zero-order valence-electron chi connectivity index (χ0n) is 8.54. The first-order chi connectivity index (χ1) is 6.74. The van der Waals surface area contributed by atoms with Crippen molar-refractivity contribution in [1.29, 1.82) is 0 Å². The second kappa shape index (κ2) is 6.20. The molecule has 78 valence electrons. The molecule has 1 aromatic carbocycles. The first-order valence-corrected chi connectivity index (χ1v) is 5.97. The topological polar surface area (TPSA) is 20.2 Å². The summed E-state index contributed by atoms with van der Waals surface area (Å²) in [6.07, 6.45) is 4.08. The molecule has 0 aliphatic carbocycles. The summed E-state index contributed by atoms with van der Waals surface area (Å²) < 4.78 is 1.06. The predicted molar refractivity (Wildman–Crippen MR) is 63.2 cm³/mol. The molecule has 0 aliphatic heterocycles. The molecule has 0 saturated carbocycles. The van der Waals surface area contributed by atoms with Crippen LogP contribution in [0, 0.1) is 0 Å². The standard InChI is InChI=1S/C12H17BrO/c1-2-3-4-5-12(14)10-6-8-11(13)9-7-10/h6-9,12,14H,2-5H2,1H3/t12-/m1/s1. The Morgan fingerprint density at radius 2 is 1.86 bits per heavy atom. The summed E-state index contributed by atoms with van der Waals surface area (Å²) in [6, 6.07) is 7.89. The minimum Gasteiger partial charge on any atom is -0.388 e. The van der Waals surface area contributed by atoms with E-state index < -0.39 is 0 Å². The van der Waals surface area contributed by atoms with Gasteiger partial charge in [0.1, 0.15) is 0 Å². The van der Waals surface area contributed by atoms with Gasteiger partial charge in [0.2, 0.25) is 0 Å². The van der Waals surface area contributed by atoms with Gasteiger partial charge < -0.3 is 5.11 Å². The molecule has 0 unspecified atom stereocenters. The molecule has 2 heteroatoms. The summed E-state index contributed by atoms with van der Waals surface area (Å²) >= 11 is 3.38. The highest BCUT2D eigenvalue weighted by Gasteiger charge is 2.05. The highest BCUT2D eigenvalue weighted by Crippen LogP contribution is 2.21. The predicted octanol–water partition coefficient (Wildman–Crippen LogP) is 4.06. The largest absolute Gasteiger partial charge is 0.388 e. The molecule has 1 nitrogen and oxygen atoms in total. The van der Waals surface area contributed by atoms with Gasteiger partial charge in [-0.25, -0.2) is 0 Å². The Morgan fingerprint density at radius 1 is 1.21 bits per heavy atom. The van der Waals surface area contributed by atoms with E-state index in [-0.39, 0.29) is 6.10 Å². The van der Waals surface area contributed by atoms with Crippen LogP contribution < -0.4 is 0 Å². The van der Waals surface area contributed by atoms with Crippen LogP contribution in [-0.4, -0.2) is 5.11 Å². The number of hydrogen-bond donors (Lipinski definition) is 1. The average molecular weight is 257 g/mol. The van der Waals surface area contributed by atoms with E-state index in [0.29, 0.717) is 0 Å². The van der Waals surface area contributed by atoms with Gasteiger partial charge in [0.25, 0.3) is 0 Å². The van der Waals surface area contributed by atoms with Crippen LogP contribution in [0.15, 0.2) is 28.7 Å². The van der Waals surface area contributed by atoms with Gasteiger partial charge in [-0.1, -0.05) is 54.2 Å². The molecule has 14 heavy (non-hydrogen) atoms. The molecule has 0 bridgehead atoms. The van der Waals surface area contributed by atoms with E-state index in [1.54, 1.807) is 0 Å². The normalized spacial score (nSPS) is 12.8. The van der Waals surface area contributed by atoms with E-state index in [4.69, 9.17) is 0 Å². The van der Waals surface area contributed by atoms with Gasteiger partial charge in [0.15, 0.2) is 0 Å². The third-order valence-corrected chi connectivity index (χ3v) is 2.86. The summed E-state index contributed by atoms with van der Waals surface area (Å²) in [6.45, 7) is 2.17. The lowest BCUT2D eigenvalue weighted by atomic mass is 10.0. The fourth-order valence-corrected chi connectivity index (χ4v) is 1.70. The lowest BCUT2D eigenvalue weighted by Gasteiger charge is -2.10. The van der Waals surface area contributed by atoms with Gasteiger partial charge in [0.05, 0.1) is 6.10 Å². The summed E-state index contributed by atoms with van der Waals surface area (Å²) in [4.78, 5) is 0. The van der Waals surface area contributed by atoms with E-state index in [0.717, 1.165) is 22.9 Å². The van der Waals surface area contributed by atoms with E-state index in [1.807, 2.05) is 24.3 Å². The van der Waals surface area contributed by atoms with E-state index >= 15 is 0 Å². The van der Waals surface area contributed by atoms with Crippen molar-refractivity contribution >= 4 is 15.9 Å². The molecular formula is C12H17BrO. The highest BCUT2D eigenvalue weighted by molar-refractivity contribution is 9.10. The van der Waals surface area contributed by atoms with E-state index in [1.165, 1.54) is 12.8 Å². The lowest BCUT2D eigenvalue weighted by Crippen LogP contribution is -1.96. The molecule has 0 fully saturated rings. The molecule has 0 spiro atoms. The van der Waals surface area contributed by atoms with Gasteiger partial charge in [-0.15, -0.1) is 0 Å². The number of unbranched alkanes of at least 4 members (excludes halogenated alkanes) is 2. The van der Waals surface area contributed by atoms with E-state index in [9.17, 15) is 5.11 Å². The number of benzene rings is 1. The van der Waals surface area contributed by atoms with Crippen molar-refractivity contribution in [2.45, 2.75) is 38.7 Å². The second-order valence-corrected chi connectivity index (χ2v) is 4.48. The molecule has 0 aromatic heterocycles. The van der Waals surface area contributed by atoms with Crippen molar-refractivity contribution in [1.82, 2.24) is 0 Å². The summed E-state index contributed by atoms with van der Waals surface area (Å²) in [5.41, 5.74) is 1.02. The molecule has 0 heterocycles. The Labute approximate surface area is 94.3 Å². The van der Waals surface area contributed by atoms with Gasteiger partial charge in [0, 0.05) is 4.47 Å². The number of rotatable bonds is 5. The number of hydrogen-bond acceptors (Lipinski definition) is 1. The third kappa shape index (κ3) is 3.81. The number of halogens is 1. The van der Waals surface area contributed by atoms with Crippen LogP contribution in [0.4, 0.5) is 0 Å². The van der Waals surface area contributed by atoms with Crippen molar-refractivity contribution in [3.63, 3.8) is 0 Å². The Kier molecular flexibility index (Phi) is 5.20. The summed E-state index contributed by atoms with van der Waals surface area (Å²) in [5, 5.41) is 9.82. The summed E-state index contributed by atoms with van der Waals surface area (Å²) in [5.74, 6) is 0. The Hall–Kier alpha value is -0.340. The average Bonchev–Trinajstić information content (AvgIpc) is 2.19. The Balaban J connectivity index is 2.43. The van der Waals surface area contributed by atoms with Crippen molar-refractivity contribution in [2.24, 2.45) is 0 Å². The fraction of sp³-hybridized carbons (Fsp3) is 0.500. The number of aliphatic hydroxyl groups is 1. The minimum atomic E-state index is -0.297. The van der Waals surface area contributed by atoms with Gasteiger partial charge in [-0.2, -0.15) is 0 Å². The first kappa shape index (κ1) is 11.7. The molecule has 1 aromatic rings. The number of aliphatic hydroxyl groups excluding tert-OH is 1. The summed E-state index contributed by atoms with van der Waals surface area (Å²) in [7, 11) is 0. The smallest absolute Gasteiger partial charge is 0.0790 e. The Bertz CT molecular complexity index is 256. The van der Waals surface area contributed by atoms with Crippen LogP contribution in [0.5, 0.6) is 0 Å². The van der Waals surface area contributed by atoms with Gasteiger partial charge in [-0.05, 0) is 24.1 Å². The molecule has 0 aliphatic rings. The minimum absolute atomic E-state index is 0.297. The quantitative estimate of drug-likeness (QED) is 0.788. The van der Waals surface area contributed by atoms with Crippen molar-refractivity contribution in [3.05, 3.63) is 34.3 Å². The third-order valence-electron chi connectivity index (χ3n) is 2.34. The van der Waals surface area contributed by atoms with Crippen LogP contribution in [0.2, 0.25) is 0 Å². The van der Waals surface area contributed by atoms with Gasteiger partial charge in [-0.3, -0.25) is 0 Å². The molecule has 0 saturated heterocycles. The van der Waals surface area contributed by atoms with Crippen LogP contribution in [-0.2, 0) is 0 Å². The SMILES string of the molecule is CCCCC[C@@H](O)c1ccc(Br)cc1. The van der Waals surface area contributed by atoms with Crippen molar-refractivity contribution in [3.8, 4) is 0 Å². The maximum absolute atomic E-state index is 9.82. The van der Waals surface area contributed by atoms with Gasteiger partial charge >= 0.3 is 0 Å². The lowest BCUT2D eigenvalue weighted by molar-refractivity contribution is 0.163. The molecule has 1 N–H and O–H groups in total. The molecule has 1 atom stereocenters.